The molecule has 0 bridgehead atoms. The zero-order chi connectivity index (χ0) is 15.5. The fraction of sp³-hybridized carbons (Fsp3) is 0.800. The van der Waals surface area contributed by atoms with Gasteiger partial charge in [-0.2, -0.15) is 4.31 Å². The Morgan fingerprint density at radius 1 is 1.38 bits per heavy atom. The van der Waals surface area contributed by atoms with Gasteiger partial charge in [0.1, 0.15) is 0 Å². The summed E-state index contributed by atoms with van der Waals surface area (Å²) in [5.74, 6) is 1.05. The van der Waals surface area contributed by atoms with Crippen molar-refractivity contribution in [2.75, 3.05) is 13.6 Å². The van der Waals surface area contributed by atoms with E-state index < -0.39 is 10.0 Å². The van der Waals surface area contributed by atoms with Crippen LogP contribution in [-0.2, 0) is 16.6 Å². The van der Waals surface area contributed by atoms with E-state index in [9.17, 15) is 8.42 Å². The number of hydrogen-bond donors (Lipinski definition) is 0. The number of aryl methyl sites for hydroxylation is 1. The lowest BCUT2D eigenvalue weighted by Gasteiger charge is -2.30. The maximum atomic E-state index is 12.6. The molecule has 0 N–H and O–H groups in total. The predicted molar refractivity (Wildman–Crippen MR) is 83.5 cm³/mol. The van der Waals surface area contributed by atoms with Gasteiger partial charge in [-0.25, -0.2) is 13.4 Å². The Balaban J connectivity index is 2.06. The second-order valence-electron chi connectivity index (χ2n) is 6.16. The predicted octanol–water partition coefficient (Wildman–Crippen LogP) is 2.74. The Hall–Kier alpha value is -0.880. The van der Waals surface area contributed by atoms with E-state index >= 15 is 0 Å². The summed E-state index contributed by atoms with van der Waals surface area (Å²) in [6, 6.07) is 0. The highest BCUT2D eigenvalue weighted by molar-refractivity contribution is 7.88. The maximum absolute atomic E-state index is 12.6. The molecule has 1 aromatic heterocycles. The normalized spacial score (nSPS) is 19.0. The van der Waals surface area contributed by atoms with Crippen LogP contribution in [0.1, 0.15) is 46.0 Å². The zero-order valence-corrected chi connectivity index (χ0v) is 14.1. The first-order valence-electron chi connectivity index (χ1n) is 7.94. The highest BCUT2D eigenvalue weighted by atomic mass is 32.2. The van der Waals surface area contributed by atoms with E-state index in [4.69, 9.17) is 0 Å². The van der Waals surface area contributed by atoms with Gasteiger partial charge in [0.25, 0.3) is 10.0 Å². The smallest absolute Gasteiger partial charge is 0.276 e. The van der Waals surface area contributed by atoms with Gasteiger partial charge in [-0.1, -0.05) is 39.0 Å². The fourth-order valence-electron chi connectivity index (χ4n) is 3.27. The minimum Gasteiger partial charge on any atom is -0.321 e. The average Bonchev–Trinajstić information content (AvgIpc) is 2.97. The van der Waals surface area contributed by atoms with Crippen molar-refractivity contribution < 1.29 is 8.42 Å². The summed E-state index contributed by atoms with van der Waals surface area (Å²) in [6.07, 6.45) is 9.63. The minimum atomic E-state index is -3.49. The topological polar surface area (TPSA) is 55.2 Å². The Kier molecular flexibility index (Phi) is 5.43. The Bertz CT molecular complexity index is 547. The number of aromatic nitrogens is 2. The van der Waals surface area contributed by atoms with Crippen LogP contribution in [0.15, 0.2) is 17.6 Å². The summed E-state index contributed by atoms with van der Waals surface area (Å²) in [6.45, 7) is 5.28. The van der Waals surface area contributed by atoms with Gasteiger partial charge in [-0.3, -0.25) is 0 Å². The molecule has 1 aliphatic rings. The van der Waals surface area contributed by atoms with Crippen molar-refractivity contribution in [3.05, 3.63) is 12.4 Å². The molecule has 0 spiro atoms. The molecule has 0 radical (unpaired) electrons. The SMILES string of the molecule is CCn1ccnc1S(=O)(=O)N(C)CC(C)C1CCCCC1. The van der Waals surface area contributed by atoms with Gasteiger partial charge in [-0.05, 0) is 18.8 Å². The third-order valence-electron chi connectivity index (χ3n) is 4.66. The molecule has 0 aromatic carbocycles. The van der Waals surface area contributed by atoms with Gasteiger partial charge in [0.15, 0.2) is 0 Å². The van der Waals surface area contributed by atoms with Crippen molar-refractivity contribution in [2.24, 2.45) is 11.8 Å². The van der Waals surface area contributed by atoms with Crippen molar-refractivity contribution in [1.29, 1.82) is 0 Å². The van der Waals surface area contributed by atoms with Crippen LogP contribution >= 0.6 is 0 Å². The molecule has 1 aromatic rings. The molecule has 1 unspecified atom stereocenters. The first-order chi connectivity index (χ1) is 9.96. The summed E-state index contributed by atoms with van der Waals surface area (Å²) in [5.41, 5.74) is 0. The lowest BCUT2D eigenvalue weighted by Crippen LogP contribution is -2.35. The molecule has 1 aliphatic carbocycles. The monoisotopic (exact) mass is 313 g/mol. The van der Waals surface area contributed by atoms with E-state index in [0.29, 0.717) is 24.9 Å². The van der Waals surface area contributed by atoms with Crippen molar-refractivity contribution in [3.63, 3.8) is 0 Å². The molecule has 2 rings (SSSR count). The van der Waals surface area contributed by atoms with E-state index in [1.807, 2.05) is 6.92 Å². The molecule has 120 valence electrons. The van der Waals surface area contributed by atoms with Crippen LogP contribution in [0, 0.1) is 11.8 Å². The Morgan fingerprint density at radius 3 is 2.67 bits per heavy atom. The molecule has 6 heteroatoms. The molecule has 5 nitrogen and oxygen atoms in total. The van der Waals surface area contributed by atoms with E-state index in [0.717, 1.165) is 0 Å². The van der Waals surface area contributed by atoms with Gasteiger partial charge < -0.3 is 4.57 Å². The third kappa shape index (κ3) is 3.66. The van der Waals surface area contributed by atoms with E-state index in [1.54, 1.807) is 24.0 Å². The molecular weight excluding hydrogens is 286 g/mol. The molecule has 1 saturated carbocycles. The van der Waals surface area contributed by atoms with Crippen LogP contribution < -0.4 is 0 Å². The number of hydrogen-bond acceptors (Lipinski definition) is 3. The largest absolute Gasteiger partial charge is 0.321 e. The zero-order valence-electron chi connectivity index (χ0n) is 13.3. The van der Waals surface area contributed by atoms with Crippen molar-refractivity contribution in [1.82, 2.24) is 13.9 Å². The van der Waals surface area contributed by atoms with Crippen molar-refractivity contribution in [3.8, 4) is 0 Å². The second-order valence-corrected chi connectivity index (χ2v) is 8.10. The quantitative estimate of drug-likeness (QED) is 0.811. The summed E-state index contributed by atoms with van der Waals surface area (Å²) >= 11 is 0. The third-order valence-corrected chi connectivity index (χ3v) is 6.43. The Labute approximate surface area is 128 Å². The van der Waals surface area contributed by atoms with Crippen LogP contribution in [-0.4, -0.2) is 35.9 Å². The van der Waals surface area contributed by atoms with Gasteiger partial charge in [0.2, 0.25) is 5.16 Å². The number of sulfonamides is 1. The highest BCUT2D eigenvalue weighted by Crippen LogP contribution is 2.30. The van der Waals surface area contributed by atoms with Gasteiger partial charge in [-0.15, -0.1) is 0 Å². The molecule has 1 fully saturated rings. The molecular formula is C15H27N3O2S. The van der Waals surface area contributed by atoms with E-state index in [-0.39, 0.29) is 5.16 Å². The molecule has 1 atom stereocenters. The highest BCUT2D eigenvalue weighted by Gasteiger charge is 2.29. The van der Waals surface area contributed by atoms with Gasteiger partial charge in [0.05, 0.1) is 0 Å². The summed E-state index contributed by atoms with van der Waals surface area (Å²) in [4.78, 5) is 4.03. The van der Waals surface area contributed by atoms with Gasteiger partial charge >= 0.3 is 0 Å². The number of rotatable bonds is 6. The van der Waals surface area contributed by atoms with E-state index in [1.165, 1.54) is 36.4 Å². The summed E-state index contributed by atoms with van der Waals surface area (Å²) < 4.78 is 28.4. The second kappa shape index (κ2) is 6.92. The first-order valence-corrected chi connectivity index (χ1v) is 9.38. The van der Waals surface area contributed by atoms with Gasteiger partial charge in [0, 0.05) is 32.5 Å². The summed E-state index contributed by atoms with van der Waals surface area (Å²) in [5, 5.41) is 0.156. The molecule has 0 amide bonds. The summed E-state index contributed by atoms with van der Waals surface area (Å²) in [7, 11) is -1.82. The molecule has 21 heavy (non-hydrogen) atoms. The average molecular weight is 313 g/mol. The van der Waals surface area contributed by atoms with Crippen LogP contribution in [0.2, 0.25) is 0 Å². The Morgan fingerprint density at radius 2 is 2.05 bits per heavy atom. The fourth-order valence-corrected chi connectivity index (χ4v) is 4.66. The van der Waals surface area contributed by atoms with Crippen LogP contribution in [0.3, 0.4) is 0 Å². The van der Waals surface area contributed by atoms with Crippen LogP contribution in [0.5, 0.6) is 0 Å². The van der Waals surface area contributed by atoms with E-state index in [2.05, 4.69) is 11.9 Å². The lowest BCUT2D eigenvalue weighted by molar-refractivity contribution is 0.234. The van der Waals surface area contributed by atoms with Crippen LogP contribution in [0.4, 0.5) is 0 Å². The molecule has 0 saturated heterocycles. The maximum Gasteiger partial charge on any atom is 0.276 e. The van der Waals surface area contributed by atoms with Crippen molar-refractivity contribution >= 4 is 10.0 Å². The number of imidazole rings is 1. The minimum absolute atomic E-state index is 0.156. The molecule has 1 heterocycles. The van der Waals surface area contributed by atoms with Crippen molar-refractivity contribution in [2.45, 2.75) is 57.7 Å². The lowest BCUT2D eigenvalue weighted by atomic mass is 9.81. The molecule has 0 aliphatic heterocycles. The van der Waals surface area contributed by atoms with Crippen LogP contribution in [0.25, 0.3) is 0 Å². The standard InChI is InChI=1S/C15H27N3O2S/c1-4-18-11-10-16-15(18)21(19,20)17(3)12-13(2)14-8-6-5-7-9-14/h10-11,13-14H,4-9,12H2,1-3H3. The number of nitrogens with zero attached hydrogens (tertiary/aromatic N) is 3. The first kappa shape index (κ1) is 16.5.